The van der Waals surface area contributed by atoms with E-state index < -0.39 is 5.60 Å². The zero-order valence-corrected chi connectivity index (χ0v) is 27.1. The van der Waals surface area contributed by atoms with E-state index in [2.05, 4.69) is 16.4 Å². The fourth-order valence-electron chi connectivity index (χ4n) is 6.54. The van der Waals surface area contributed by atoms with Crippen molar-refractivity contribution in [2.24, 2.45) is 5.92 Å². The number of ether oxygens (including phenoxy) is 1. The summed E-state index contributed by atoms with van der Waals surface area (Å²) in [6, 6.07) is 15.8. The third-order valence-electron chi connectivity index (χ3n) is 8.87. The number of amides is 2. The predicted molar refractivity (Wildman–Crippen MR) is 175 cm³/mol. The fraction of sp³-hybridized carbons (Fsp3) is 0.429. The zero-order chi connectivity index (χ0) is 31.9. The Morgan fingerprint density at radius 2 is 1.76 bits per heavy atom. The quantitative estimate of drug-likeness (QED) is 0.274. The lowest BCUT2D eigenvalue weighted by Gasteiger charge is -2.31. The van der Waals surface area contributed by atoms with E-state index in [0.29, 0.717) is 48.3 Å². The number of pyridine rings is 1. The Kier molecular flexibility index (Phi) is 8.48. The molecule has 1 aliphatic heterocycles. The third-order valence-corrected chi connectivity index (χ3v) is 9.08. The Bertz CT molecular complexity index is 1810. The smallest absolute Gasteiger partial charge is 0.410 e. The van der Waals surface area contributed by atoms with Crippen molar-refractivity contribution in [3.63, 3.8) is 0 Å². The average molecular weight is 630 g/mol. The average Bonchev–Trinajstić information content (AvgIpc) is 3.28. The molecule has 2 amide bonds. The number of aryl methyl sites for hydroxylation is 1. The van der Waals surface area contributed by atoms with Crippen molar-refractivity contribution in [2.75, 3.05) is 6.54 Å². The molecule has 1 N–H and O–H groups in total. The Hall–Kier alpha value is -4.11. The Morgan fingerprint density at radius 3 is 2.49 bits per heavy atom. The second-order valence-electron chi connectivity index (χ2n) is 13.3. The number of carbonyl (C=O) groups is 2. The van der Waals surface area contributed by atoms with Crippen LogP contribution in [0.5, 0.6) is 0 Å². The largest absolute Gasteiger partial charge is 0.444 e. The number of hydrogen-bond donors (Lipinski definition) is 1. The molecule has 2 aromatic carbocycles. The van der Waals surface area contributed by atoms with Gasteiger partial charge in [-0.1, -0.05) is 29.8 Å². The first-order chi connectivity index (χ1) is 21.5. The number of benzene rings is 2. The molecule has 1 saturated carbocycles. The number of halogens is 1. The number of para-hydroxylation sites is 2. The molecule has 0 saturated heterocycles. The minimum atomic E-state index is -0.541. The molecule has 3 heterocycles. The van der Waals surface area contributed by atoms with Gasteiger partial charge in [0.25, 0.3) is 5.91 Å². The molecule has 6 rings (SSSR count). The van der Waals surface area contributed by atoms with Crippen molar-refractivity contribution in [3.8, 4) is 5.69 Å². The number of nitrogens with zero attached hydrogens (tertiary/aromatic N) is 4. The van der Waals surface area contributed by atoms with Gasteiger partial charge in [0.2, 0.25) is 0 Å². The molecule has 2 aromatic heterocycles. The molecule has 0 spiro atoms. The fourth-order valence-corrected chi connectivity index (χ4v) is 6.70. The molecule has 0 unspecified atom stereocenters. The first-order valence-corrected chi connectivity index (χ1v) is 16.1. The van der Waals surface area contributed by atoms with Gasteiger partial charge in [0.15, 0.2) is 0 Å². The molecule has 0 bridgehead atoms. The maximum atomic E-state index is 14.0. The summed E-state index contributed by atoms with van der Waals surface area (Å²) < 4.78 is 9.29. The number of aromatic nitrogens is 3. The van der Waals surface area contributed by atoms with Gasteiger partial charge in [-0.2, -0.15) is 0 Å². The van der Waals surface area contributed by atoms with Gasteiger partial charge in [-0.25, -0.2) is 9.59 Å². The molecule has 10 heteroatoms. The van der Waals surface area contributed by atoms with Gasteiger partial charge < -0.3 is 15.0 Å². The van der Waals surface area contributed by atoms with E-state index >= 15 is 0 Å². The van der Waals surface area contributed by atoms with E-state index in [1.54, 1.807) is 24.1 Å². The molecular formula is C35H40ClN5O4. The first-order valence-electron chi connectivity index (χ1n) is 15.7. The molecule has 2 aliphatic rings. The number of imidazole rings is 1. The van der Waals surface area contributed by atoms with Gasteiger partial charge in [-0.15, -0.1) is 0 Å². The summed E-state index contributed by atoms with van der Waals surface area (Å²) in [6.45, 7) is 9.10. The molecule has 4 aromatic rings. The monoisotopic (exact) mass is 629 g/mol. The summed E-state index contributed by atoms with van der Waals surface area (Å²) in [7, 11) is 0. The van der Waals surface area contributed by atoms with E-state index in [1.165, 1.54) is 0 Å². The molecular weight excluding hydrogens is 590 g/mol. The maximum absolute atomic E-state index is 14.0. The van der Waals surface area contributed by atoms with Gasteiger partial charge in [0, 0.05) is 31.9 Å². The van der Waals surface area contributed by atoms with Gasteiger partial charge in [0.05, 0.1) is 33.0 Å². The maximum Gasteiger partial charge on any atom is 0.410 e. The Balaban J connectivity index is 1.16. The van der Waals surface area contributed by atoms with Crippen LogP contribution in [0.4, 0.5) is 4.79 Å². The van der Waals surface area contributed by atoms with E-state index in [0.717, 1.165) is 53.5 Å². The summed E-state index contributed by atoms with van der Waals surface area (Å²) in [5.74, 6) is 0.180. The lowest BCUT2D eigenvalue weighted by molar-refractivity contribution is 0.0224. The molecule has 0 radical (unpaired) electrons. The van der Waals surface area contributed by atoms with Crippen molar-refractivity contribution in [1.82, 2.24) is 24.3 Å². The van der Waals surface area contributed by atoms with Crippen LogP contribution in [-0.2, 0) is 24.2 Å². The standard InChI is InChI=1S/C35H40ClN5O4/c1-22-29(18-26(36)19-37-22)32(42)38-27-12-9-23(10-13-27)20-40-30-7-5-6-8-31(30)41(33(40)43)28-14-11-25-21-39(16-15-24(25)17-28)34(44)45-35(2,3)4/h5-8,11,14,17-19,23,27H,9-10,12-13,15-16,20-21H2,1-4H3,(H,38,42)/t23-,27-. The molecule has 0 atom stereocenters. The molecule has 9 nitrogen and oxygen atoms in total. The second kappa shape index (κ2) is 12.4. The van der Waals surface area contributed by atoms with Crippen molar-refractivity contribution in [2.45, 2.75) is 84.5 Å². The minimum Gasteiger partial charge on any atom is -0.444 e. The number of hydrogen-bond acceptors (Lipinski definition) is 5. The van der Waals surface area contributed by atoms with E-state index in [-0.39, 0.29) is 23.7 Å². The van der Waals surface area contributed by atoms with Crippen molar-refractivity contribution in [1.29, 1.82) is 0 Å². The van der Waals surface area contributed by atoms with Crippen LogP contribution in [0.15, 0.2) is 59.5 Å². The lowest BCUT2D eigenvalue weighted by Crippen LogP contribution is -2.40. The van der Waals surface area contributed by atoms with Gasteiger partial charge >= 0.3 is 11.8 Å². The Labute approximate surface area is 268 Å². The van der Waals surface area contributed by atoms with E-state index in [4.69, 9.17) is 16.3 Å². The lowest BCUT2D eigenvalue weighted by atomic mass is 9.85. The summed E-state index contributed by atoms with van der Waals surface area (Å²) in [5.41, 5.74) is 5.39. The van der Waals surface area contributed by atoms with Crippen LogP contribution in [0.3, 0.4) is 0 Å². The highest BCUT2D eigenvalue weighted by molar-refractivity contribution is 6.30. The number of nitrogens with one attached hydrogen (secondary N) is 1. The van der Waals surface area contributed by atoms with Crippen LogP contribution in [0.1, 0.15) is 73.6 Å². The van der Waals surface area contributed by atoms with Crippen LogP contribution in [0, 0.1) is 12.8 Å². The highest BCUT2D eigenvalue weighted by atomic mass is 35.5. The predicted octanol–water partition coefficient (Wildman–Crippen LogP) is 6.43. The summed E-state index contributed by atoms with van der Waals surface area (Å²) in [4.78, 5) is 45.5. The topological polar surface area (TPSA) is 98.5 Å². The second-order valence-corrected chi connectivity index (χ2v) is 13.7. The summed E-state index contributed by atoms with van der Waals surface area (Å²) in [6.07, 6.45) is 5.46. The third kappa shape index (κ3) is 6.64. The summed E-state index contributed by atoms with van der Waals surface area (Å²) in [5, 5.41) is 3.60. The normalized spacial score (nSPS) is 18.5. The van der Waals surface area contributed by atoms with E-state index in [1.807, 2.05) is 66.3 Å². The Morgan fingerprint density at radius 1 is 1.02 bits per heavy atom. The van der Waals surface area contributed by atoms with E-state index in [9.17, 15) is 14.4 Å². The van der Waals surface area contributed by atoms with Crippen LogP contribution in [0.2, 0.25) is 5.02 Å². The van der Waals surface area contributed by atoms with Gasteiger partial charge in [0.1, 0.15) is 5.60 Å². The van der Waals surface area contributed by atoms with Crippen molar-refractivity contribution < 1.29 is 14.3 Å². The number of fused-ring (bicyclic) bond motifs is 2. The number of rotatable bonds is 5. The van der Waals surface area contributed by atoms with Crippen LogP contribution in [0.25, 0.3) is 16.7 Å². The molecule has 1 fully saturated rings. The molecule has 236 valence electrons. The van der Waals surface area contributed by atoms with Crippen LogP contribution >= 0.6 is 11.6 Å². The molecule has 45 heavy (non-hydrogen) atoms. The van der Waals surface area contributed by atoms with Gasteiger partial charge in [-0.3, -0.25) is 18.9 Å². The highest BCUT2D eigenvalue weighted by Crippen LogP contribution is 2.29. The van der Waals surface area contributed by atoms with Gasteiger partial charge in [-0.05, 0) is 107 Å². The minimum absolute atomic E-state index is 0.0540. The van der Waals surface area contributed by atoms with Crippen molar-refractivity contribution in [3.05, 3.63) is 92.6 Å². The number of carbonyl (C=O) groups excluding carboxylic acids is 2. The highest BCUT2D eigenvalue weighted by Gasteiger charge is 2.28. The summed E-state index contributed by atoms with van der Waals surface area (Å²) >= 11 is 6.07. The SMILES string of the molecule is Cc1ncc(Cl)cc1C(=O)N[C@H]1CC[C@H](Cn2c(=O)n(-c3ccc4c(c3)CCN(C(=O)OC(C)(C)C)C4)c3ccccc32)CC1. The van der Waals surface area contributed by atoms with Crippen molar-refractivity contribution >= 4 is 34.6 Å². The van der Waals surface area contributed by atoms with Crippen LogP contribution in [-0.4, -0.2) is 49.2 Å². The van der Waals surface area contributed by atoms with Crippen LogP contribution < -0.4 is 11.0 Å². The zero-order valence-electron chi connectivity index (χ0n) is 26.3. The molecule has 1 aliphatic carbocycles. The first kappa shape index (κ1) is 30.9.